The molecule has 0 radical (unpaired) electrons. The molecule has 0 spiro atoms. The number of piperidine rings is 1. The minimum Gasteiger partial charge on any atom is -0.248 e. The van der Waals surface area contributed by atoms with Crippen molar-refractivity contribution in [1.82, 2.24) is 15.4 Å². The van der Waals surface area contributed by atoms with E-state index in [0.29, 0.717) is 0 Å². The smallest absolute Gasteiger partial charge is 0.108 e. The SMILES string of the molecule is Clc1ccccc1-c1cnc(CNN2CCCCC2)s1. The topological polar surface area (TPSA) is 28.2 Å². The van der Waals surface area contributed by atoms with Crippen molar-refractivity contribution < 1.29 is 0 Å². The highest BCUT2D eigenvalue weighted by molar-refractivity contribution is 7.15. The Morgan fingerprint density at radius 2 is 2.00 bits per heavy atom. The van der Waals surface area contributed by atoms with Crippen molar-refractivity contribution in [1.29, 1.82) is 0 Å². The standard InChI is InChI=1S/C15H18ClN3S/c16-13-7-3-2-6-12(13)14-10-17-15(20-14)11-18-19-8-4-1-5-9-19/h2-3,6-7,10,18H,1,4-5,8-9,11H2. The Morgan fingerprint density at radius 1 is 1.20 bits per heavy atom. The van der Waals surface area contributed by atoms with E-state index in [2.05, 4.69) is 15.4 Å². The average molecular weight is 308 g/mol. The molecule has 0 bridgehead atoms. The van der Waals surface area contributed by atoms with E-state index in [1.807, 2.05) is 30.5 Å². The molecule has 0 atom stereocenters. The molecule has 1 aromatic carbocycles. The van der Waals surface area contributed by atoms with Crippen LogP contribution in [0.25, 0.3) is 10.4 Å². The van der Waals surface area contributed by atoms with Gasteiger partial charge in [-0.15, -0.1) is 11.3 Å². The lowest BCUT2D eigenvalue weighted by molar-refractivity contribution is 0.151. The summed E-state index contributed by atoms with van der Waals surface area (Å²) in [5.74, 6) is 0. The van der Waals surface area contributed by atoms with Crippen molar-refractivity contribution in [2.45, 2.75) is 25.8 Å². The maximum absolute atomic E-state index is 6.22. The van der Waals surface area contributed by atoms with Gasteiger partial charge >= 0.3 is 0 Å². The number of hydrazine groups is 1. The van der Waals surface area contributed by atoms with Gasteiger partial charge < -0.3 is 0 Å². The van der Waals surface area contributed by atoms with E-state index in [1.54, 1.807) is 11.3 Å². The first-order valence-electron chi connectivity index (χ1n) is 7.01. The van der Waals surface area contributed by atoms with E-state index in [4.69, 9.17) is 11.6 Å². The molecule has 3 nitrogen and oxygen atoms in total. The summed E-state index contributed by atoms with van der Waals surface area (Å²) in [7, 11) is 0. The first-order valence-corrected chi connectivity index (χ1v) is 8.20. The number of hydrogen-bond acceptors (Lipinski definition) is 4. The largest absolute Gasteiger partial charge is 0.248 e. The molecular formula is C15H18ClN3S. The summed E-state index contributed by atoms with van der Waals surface area (Å²) < 4.78 is 0. The zero-order chi connectivity index (χ0) is 13.8. The molecular weight excluding hydrogens is 290 g/mol. The number of benzene rings is 1. The number of halogens is 1. The summed E-state index contributed by atoms with van der Waals surface area (Å²) in [6.07, 6.45) is 5.84. The van der Waals surface area contributed by atoms with Gasteiger partial charge in [0.15, 0.2) is 0 Å². The molecule has 5 heteroatoms. The minimum atomic E-state index is 0.784. The van der Waals surface area contributed by atoms with E-state index in [9.17, 15) is 0 Å². The number of hydrogen-bond donors (Lipinski definition) is 1. The number of aromatic nitrogens is 1. The quantitative estimate of drug-likeness (QED) is 0.927. The van der Waals surface area contributed by atoms with Crippen LogP contribution in [0.2, 0.25) is 5.02 Å². The molecule has 1 aliphatic heterocycles. The fraction of sp³-hybridized carbons (Fsp3) is 0.400. The van der Waals surface area contributed by atoms with Gasteiger partial charge in [0.1, 0.15) is 5.01 Å². The van der Waals surface area contributed by atoms with Crippen molar-refractivity contribution in [3.05, 3.63) is 40.5 Å². The van der Waals surface area contributed by atoms with E-state index in [-0.39, 0.29) is 0 Å². The number of thiazole rings is 1. The predicted octanol–water partition coefficient (Wildman–Crippen LogP) is 3.95. The third kappa shape index (κ3) is 3.38. The zero-order valence-corrected chi connectivity index (χ0v) is 12.9. The molecule has 0 saturated carbocycles. The monoisotopic (exact) mass is 307 g/mol. The lowest BCUT2D eigenvalue weighted by atomic mass is 10.2. The highest BCUT2D eigenvalue weighted by atomic mass is 35.5. The average Bonchev–Trinajstić information content (AvgIpc) is 2.95. The fourth-order valence-corrected chi connectivity index (χ4v) is 3.59. The Morgan fingerprint density at radius 3 is 2.80 bits per heavy atom. The zero-order valence-electron chi connectivity index (χ0n) is 11.3. The van der Waals surface area contributed by atoms with Crippen molar-refractivity contribution in [3.8, 4) is 10.4 Å². The second-order valence-electron chi connectivity index (χ2n) is 4.98. The molecule has 2 aromatic rings. The third-order valence-corrected chi connectivity index (χ3v) is 4.86. The minimum absolute atomic E-state index is 0.784. The molecule has 3 rings (SSSR count). The van der Waals surface area contributed by atoms with Crippen LogP contribution < -0.4 is 5.43 Å². The van der Waals surface area contributed by atoms with Crippen molar-refractivity contribution in [2.75, 3.05) is 13.1 Å². The Bertz CT molecular complexity index is 564. The predicted molar refractivity (Wildman–Crippen MR) is 84.8 cm³/mol. The van der Waals surface area contributed by atoms with E-state index in [0.717, 1.165) is 40.1 Å². The van der Waals surface area contributed by atoms with Crippen LogP contribution in [0.15, 0.2) is 30.5 Å². The van der Waals surface area contributed by atoms with Gasteiger partial charge in [0.2, 0.25) is 0 Å². The fourth-order valence-electron chi connectivity index (χ4n) is 2.41. The van der Waals surface area contributed by atoms with Crippen molar-refractivity contribution in [3.63, 3.8) is 0 Å². The van der Waals surface area contributed by atoms with Gasteiger partial charge in [0, 0.05) is 29.9 Å². The van der Waals surface area contributed by atoms with Crippen LogP contribution in [0.4, 0.5) is 0 Å². The summed E-state index contributed by atoms with van der Waals surface area (Å²) in [4.78, 5) is 5.62. The van der Waals surface area contributed by atoms with Crippen LogP contribution in [0.5, 0.6) is 0 Å². The Balaban J connectivity index is 1.63. The van der Waals surface area contributed by atoms with E-state index >= 15 is 0 Å². The number of rotatable bonds is 4. The number of nitrogens with zero attached hydrogens (tertiary/aromatic N) is 2. The molecule has 0 aliphatic carbocycles. The second-order valence-corrected chi connectivity index (χ2v) is 6.50. The van der Waals surface area contributed by atoms with Gasteiger partial charge in [-0.25, -0.2) is 15.4 Å². The Hall–Kier alpha value is -0.940. The van der Waals surface area contributed by atoms with Gasteiger partial charge in [0.25, 0.3) is 0 Å². The lowest BCUT2D eigenvalue weighted by Crippen LogP contribution is -2.41. The molecule has 0 amide bonds. The van der Waals surface area contributed by atoms with E-state index in [1.165, 1.54) is 19.3 Å². The van der Waals surface area contributed by atoms with E-state index < -0.39 is 0 Å². The summed E-state index contributed by atoms with van der Waals surface area (Å²) in [6.45, 7) is 3.08. The van der Waals surface area contributed by atoms with Crippen LogP contribution in [0.3, 0.4) is 0 Å². The van der Waals surface area contributed by atoms with Crippen LogP contribution in [-0.4, -0.2) is 23.1 Å². The van der Waals surface area contributed by atoms with Crippen molar-refractivity contribution >= 4 is 22.9 Å². The molecule has 2 heterocycles. The van der Waals surface area contributed by atoms with Crippen LogP contribution in [-0.2, 0) is 6.54 Å². The van der Waals surface area contributed by atoms with Crippen LogP contribution >= 0.6 is 22.9 Å². The second kappa shape index (κ2) is 6.68. The van der Waals surface area contributed by atoms with Gasteiger partial charge in [-0.05, 0) is 18.9 Å². The first-order chi connectivity index (χ1) is 9.83. The van der Waals surface area contributed by atoms with Crippen molar-refractivity contribution in [2.24, 2.45) is 0 Å². The molecule has 0 unspecified atom stereocenters. The van der Waals surface area contributed by atoms with Crippen LogP contribution in [0, 0.1) is 0 Å². The Labute approximate surface area is 128 Å². The first kappa shape index (κ1) is 14.0. The summed E-state index contributed by atoms with van der Waals surface area (Å²) in [5.41, 5.74) is 4.53. The normalized spacial score (nSPS) is 16.4. The third-order valence-electron chi connectivity index (χ3n) is 3.50. The molecule has 1 N–H and O–H groups in total. The molecule has 106 valence electrons. The Kier molecular flexibility index (Phi) is 4.68. The maximum atomic E-state index is 6.22. The lowest BCUT2D eigenvalue weighted by Gasteiger charge is -2.26. The van der Waals surface area contributed by atoms with Gasteiger partial charge in [-0.1, -0.05) is 36.2 Å². The highest BCUT2D eigenvalue weighted by Gasteiger charge is 2.11. The summed E-state index contributed by atoms with van der Waals surface area (Å²) >= 11 is 7.93. The molecule has 1 aromatic heterocycles. The molecule has 1 fully saturated rings. The maximum Gasteiger partial charge on any atom is 0.108 e. The molecule has 1 aliphatic rings. The summed E-state index contributed by atoms with van der Waals surface area (Å²) in [5, 5.41) is 4.19. The van der Waals surface area contributed by atoms with Gasteiger partial charge in [0.05, 0.1) is 11.4 Å². The van der Waals surface area contributed by atoms with Gasteiger partial charge in [-0.2, -0.15) is 0 Å². The highest BCUT2D eigenvalue weighted by Crippen LogP contribution is 2.31. The van der Waals surface area contributed by atoms with Crippen LogP contribution in [0.1, 0.15) is 24.3 Å². The summed E-state index contributed by atoms with van der Waals surface area (Å²) in [6, 6.07) is 7.91. The molecule has 20 heavy (non-hydrogen) atoms. The number of nitrogens with one attached hydrogen (secondary N) is 1. The van der Waals surface area contributed by atoms with Gasteiger partial charge in [-0.3, -0.25) is 0 Å². The molecule has 1 saturated heterocycles.